The fraction of sp³-hybridized carbons (Fsp3) is 0.500. The van der Waals surface area contributed by atoms with Crippen molar-refractivity contribution in [1.29, 1.82) is 0 Å². The number of urea groups is 1. The topological polar surface area (TPSA) is 91.0 Å². The van der Waals surface area contributed by atoms with Crippen LogP contribution in [0.4, 0.5) is 4.79 Å². The lowest BCUT2D eigenvalue weighted by molar-refractivity contribution is -0.139. The average molecular weight is 392 g/mol. The number of carbonyl (C=O) groups is 3. The molecule has 8 nitrogen and oxygen atoms in total. The Morgan fingerprint density at radius 2 is 2.04 bits per heavy atom. The van der Waals surface area contributed by atoms with E-state index in [9.17, 15) is 14.4 Å². The van der Waals surface area contributed by atoms with Crippen molar-refractivity contribution >= 4 is 29.2 Å². The number of piperazine rings is 1. The number of amides is 3. The molecule has 1 aromatic rings. The van der Waals surface area contributed by atoms with Crippen LogP contribution in [0, 0.1) is 0 Å². The molecule has 3 amide bonds. The largest absolute Gasteiger partial charge is 0.463 e. The van der Waals surface area contributed by atoms with Gasteiger partial charge in [-0.15, -0.1) is 11.3 Å². The SMILES string of the molecule is CCOC(=O)C1=C(CN2CCN(C(=O)c3cccs3)CC2)NC(=O)N[C@@H]1C. The summed E-state index contributed by atoms with van der Waals surface area (Å²) in [5.41, 5.74) is 1.02. The maximum absolute atomic E-state index is 12.4. The molecule has 146 valence electrons. The predicted octanol–water partition coefficient (Wildman–Crippen LogP) is 1.02. The van der Waals surface area contributed by atoms with Gasteiger partial charge >= 0.3 is 12.0 Å². The van der Waals surface area contributed by atoms with Crippen molar-refractivity contribution in [3.63, 3.8) is 0 Å². The van der Waals surface area contributed by atoms with Crippen LogP contribution in [0.15, 0.2) is 28.8 Å². The Balaban J connectivity index is 1.65. The number of ether oxygens (including phenoxy) is 1. The van der Waals surface area contributed by atoms with Crippen LogP contribution in [-0.4, -0.2) is 73.1 Å². The van der Waals surface area contributed by atoms with E-state index < -0.39 is 12.0 Å². The van der Waals surface area contributed by atoms with E-state index in [1.54, 1.807) is 13.8 Å². The van der Waals surface area contributed by atoms with E-state index in [1.807, 2.05) is 22.4 Å². The van der Waals surface area contributed by atoms with Gasteiger partial charge < -0.3 is 20.3 Å². The minimum atomic E-state index is -0.418. The molecule has 0 aromatic carbocycles. The zero-order valence-corrected chi connectivity index (χ0v) is 16.3. The molecule has 0 radical (unpaired) electrons. The third kappa shape index (κ3) is 4.48. The molecular weight excluding hydrogens is 368 g/mol. The van der Waals surface area contributed by atoms with Crippen molar-refractivity contribution in [2.24, 2.45) is 0 Å². The molecule has 1 atom stereocenters. The Kier molecular flexibility index (Phi) is 6.12. The fourth-order valence-corrected chi connectivity index (χ4v) is 3.98. The Hall–Kier alpha value is -2.39. The smallest absolute Gasteiger partial charge is 0.337 e. The lowest BCUT2D eigenvalue weighted by Crippen LogP contribution is -2.54. The second-order valence-electron chi connectivity index (χ2n) is 6.48. The lowest BCUT2D eigenvalue weighted by atomic mass is 10.0. The van der Waals surface area contributed by atoms with E-state index in [0.29, 0.717) is 44.0 Å². The summed E-state index contributed by atoms with van der Waals surface area (Å²) in [4.78, 5) is 41.3. The first-order valence-corrected chi connectivity index (χ1v) is 9.90. The van der Waals surface area contributed by atoms with Crippen LogP contribution in [0.3, 0.4) is 0 Å². The fourth-order valence-electron chi connectivity index (χ4n) is 3.29. The van der Waals surface area contributed by atoms with E-state index in [1.165, 1.54) is 11.3 Å². The molecule has 2 aliphatic heterocycles. The summed E-state index contributed by atoms with van der Waals surface area (Å²) in [6, 6.07) is 2.98. The van der Waals surface area contributed by atoms with Gasteiger partial charge in [0.2, 0.25) is 0 Å². The van der Waals surface area contributed by atoms with Crippen molar-refractivity contribution in [3.05, 3.63) is 33.7 Å². The van der Waals surface area contributed by atoms with Gasteiger partial charge in [0.05, 0.1) is 23.1 Å². The number of nitrogens with zero attached hydrogens (tertiary/aromatic N) is 2. The molecular formula is C18H24N4O4S. The van der Waals surface area contributed by atoms with Gasteiger partial charge in [-0.2, -0.15) is 0 Å². The first kappa shape index (κ1) is 19.4. The Morgan fingerprint density at radius 1 is 1.30 bits per heavy atom. The number of carbonyl (C=O) groups excluding carboxylic acids is 3. The van der Waals surface area contributed by atoms with Crippen molar-refractivity contribution in [3.8, 4) is 0 Å². The van der Waals surface area contributed by atoms with E-state index >= 15 is 0 Å². The zero-order valence-electron chi connectivity index (χ0n) is 15.5. The Bertz CT molecular complexity index is 739. The van der Waals surface area contributed by atoms with Gasteiger partial charge in [0, 0.05) is 38.4 Å². The normalized spacial score (nSPS) is 20.9. The van der Waals surface area contributed by atoms with Gasteiger partial charge in [-0.05, 0) is 25.3 Å². The molecule has 0 saturated carbocycles. The third-order valence-corrected chi connectivity index (χ3v) is 5.50. The monoisotopic (exact) mass is 392 g/mol. The number of hydrogen-bond acceptors (Lipinski definition) is 6. The van der Waals surface area contributed by atoms with E-state index in [4.69, 9.17) is 4.74 Å². The van der Waals surface area contributed by atoms with E-state index in [-0.39, 0.29) is 18.5 Å². The summed E-state index contributed by atoms with van der Waals surface area (Å²) in [6.45, 7) is 6.81. The van der Waals surface area contributed by atoms with Crippen molar-refractivity contribution in [2.75, 3.05) is 39.3 Å². The number of rotatable bonds is 5. The molecule has 0 unspecified atom stereocenters. The molecule has 2 aliphatic rings. The van der Waals surface area contributed by atoms with Gasteiger partial charge in [-0.1, -0.05) is 6.07 Å². The van der Waals surface area contributed by atoms with Gasteiger partial charge in [0.1, 0.15) is 0 Å². The molecule has 1 saturated heterocycles. The van der Waals surface area contributed by atoms with Gasteiger partial charge in [0.25, 0.3) is 5.91 Å². The minimum Gasteiger partial charge on any atom is -0.463 e. The highest BCUT2D eigenvalue weighted by Crippen LogP contribution is 2.18. The Labute approximate surface area is 162 Å². The molecule has 1 aromatic heterocycles. The maximum Gasteiger partial charge on any atom is 0.337 e. The van der Waals surface area contributed by atoms with Crippen LogP contribution in [0.25, 0.3) is 0 Å². The highest BCUT2D eigenvalue weighted by Gasteiger charge is 2.31. The van der Waals surface area contributed by atoms with Crippen LogP contribution in [0.2, 0.25) is 0 Å². The maximum atomic E-state index is 12.4. The summed E-state index contributed by atoms with van der Waals surface area (Å²) in [5.74, 6) is -0.362. The van der Waals surface area contributed by atoms with Crippen molar-refractivity contribution in [1.82, 2.24) is 20.4 Å². The molecule has 3 rings (SSSR count). The van der Waals surface area contributed by atoms with Crippen LogP contribution < -0.4 is 10.6 Å². The number of nitrogens with one attached hydrogen (secondary N) is 2. The zero-order chi connectivity index (χ0) is 19.4. The molecule has 9 heteroatoms. The van der Waals surface area contributed by atoms with Crippen molar-refractivity contribution in [2.45, 2.75) is 19.9 Å². The van der Waals surface area contributed by atoms with E-state index in [0.717, 1.165) is 4.88 Å². The average Bonchev–Trinajstić information content (AvgIpc) is 3.16. The van der Waals surface area contributed by atoms with Crippen molar-refractivity contribution < 1.29 is 19.1 Å². The molecule has 2 N–H and O–H groups in total. The highest BCUT2D eigenvalue weighted by atomic mass is 32.1. The molecule has 1 fully saturated rings. The summed E-state index contributed by atoms with van der Waals surface area (Å²) >= 11 is 1.44. The molecule has 0 aliphatic carbocycles. The molecule has 27 heavy (non-hydrogen) atoms. The van der Waals surface area contributed by atoms with Crippen LogP contribution >= 0.6 is 11.3 Å². The van der Waals surface area contributed by atoms with Gasteiger partial charge in [-0.3, -0.25) is 9.69 Å². The number of hydrogen-bond donors (Lipinski definition) is 2. The predicted molar refractivity (Wildman–Crippen MR) is 101 cm³/mol. The van der Waals surface area contributed by atoms with E-state index in [2.05, 4.69) is 15.5 Å². The third-order valence-electron chi connectivity index (χ3n) is 4.64. The second-order valence-corrected chi connectivity index (χ2v) is 7.43. The highest BCUT2D eigenvalue weighted by molar-refractivity contribution is 7.12. The van der Waals surface area contributed by atoms with Crippen LogP contribution in [0.1, 0.15) is 23.5 Å². The van der Waals surface area contributed by atoms with Crippen LogP contribution in [0.5, 0.6) is 0 Å². The standard InChI is InChI=1S/C18H24N4O4S/c1-3-26-17(24)15-12(2)19-18(25)20-13(15)11-21-6-8-22(9-7-21)16(23)14-5-4-10-27-14/h4-5,10,12H,3,6-9,11H2,1-2H3,(H2,19,20,25)/t12-/m1/s1. The summed E-state index contributed by atoms with van der Waals surface area (Å²) in [5, 5.41) is 7.34. The lowest BCUT2D eigenvalue weighted by Gasteiger charge is -2.36. The second kappa shape index (κ2) is 8.53. The summed E-state index contributed by atoms with van der Waals surface area (Å²) < 4.78 is 5.14. The van der Waals surface area contributed by atoms with Crippen LogP contribution in [-0.2, 0) is 9.53 Å². The number of esters is 1. The van der Waals surface area contributed by atoms with Gasteiger partial charge in [-0.25, -0.2) is 9.59 Å². The molecule has 0 bridgehead atoms. The molecule has 3 heterocycles. The number of thiophene rings is 1. The van der Waals surface area contributed by atoms with Gasteiger partial charge in [0.15, 0.2) is 0 Å². The minimum absolute atomic E-state index is 0.0554. The summed E-state index contributed by atoms with van der Waals surface area (Å²) in [6.07, 6.45) is 0. The Morgan fingerprint density at radius 3 is 2.67 bits per heavy atom. The first-order valence-electron chi connectivity index (χ1n) is 9.02. The summed E-state index contributed by atoms with van der Waals surface area (Å²) in [7, 11) is 0. The molecule has 0 spiro atoms. The first-order chi connectivity index (χ1) is 13.0. The quantitative estimate of drug-likeness (QED) is 0.731.